The minimum Gasteiger partial charge on any atom is -0.311 e. The highest BCUT2D eigenvalue weighted by atomic mass is 32.1. The molecule has 78 valence electrons. The van der Waals surface area contributed by atoms with E-state index in [-0.39, 0.29) is 0 Å². The van der Waals surface area contributed by atoms with Gasteiger partial charge in [0, 0.05) is 36.6 Å². The number of nitrogens with one attached hydrogen (secondary N) is 1. The van der Waals surface area contributed by atoms with Gasteiger partial charge in [-0.05, 0) is 25.3 Å². The van der Waals surface area contributed by atoms with Crippen molar-refractivity contribution in [1.29, 1.82) is 0 Å². The Morgan fingerprint density at radius 2 is 2.43 bits per heavy atom. The van der Waals surface area contributed by atoms with Crippen molar-refractivity contribution in [3.63, 3.8) is 0 Å². The Labute approximate surface area is 89.9 Å². The molecule has 0 bridgehead atoms. The summed E-state index contributed by atoms with van der Waals surface area (Å²) in [5, 5.41) is 5.66. The van der Waals surface area contributed by atoms with Gasteiger partial charge in [-0.2, -0.15) is 0 Å². The van der Waals surface area contributed by atoms with E-state index in [2.05, 4.69) is 41.6 Å². The molecular weight excluding hydrogens is 192 g/mol. The predicted molar refractivity (Wildman–Crippen MR) is 61.7 cm³/mol. The van der Waals surface area contributed by atoms with Crippen molar-refractivity contribution in [1.82, 2.24) is 10.2 Å². The maximum Gasteiger partial charge on any atom is 0.0331 e. The topological polar surface area (TPSA) is 15.3 Å². The minimum absolute atomic E-state index is 0.615. The van der Waals surface area contributed by atoms with E-state index in [4.69, 9.17) is 0 Å². The number of thiophene rings is 1. The molecule has 0 radical (unpaired) electrons. The standard InChI is InChI=1S/C11H18N2S/c1-9-10(2)13(6-5-12-9)8-11-4-3-7-14-11/h3-4,7,9-10,12H,5-6,8H2,1-2H3. The average molecular weight is 210 g/mol. The van der Waals surface area contributed by atoms with Gasteiger partial charge in [0.1, 0.15) is 0 Å². The summed E-state index contributed by atoms with van der Waals surface area (Å²) in [4.78, 5) is 4.04. The van der Waals surface area contributed by atoms with Crippen molar-refractivity contribution in [3.8, 4) is 0 Å². The second kappa shape index (κ2) is 4.43. The Hall–Kier alpha value is -0.380. The highest BCUT2D eigenvalue weighted by Gasteiger charge is 2.23. The first-order valence-electron chi connectivity index (χ1n) is 5.27. The van der Waals surface area contributed by atoms with E-state index >= 15 is 0 Å². The molecule has 2 rings (SSSR count). The lowest BCUT2D eigenvalue weighted by Crippen LogP contribution is -2.54. The molecule has 1 saturated heterocycles. The van der Waals surface area contributed by atoms with Gasteiger partial charge in [-0.25, -0.2) is 0 Å². The van der Waals surface area contributed by atoms with Crippen molar-refractivity contribution in [2.75, 3.05) is 13.1 Å². The third kappa shape index (κ3) is 2.16. The molecule has 2 nitrogen and oxygen atoms in total. The van der Waals surface area contributed by atoms with Crippen LogP contribution in [0.3, 0.4) is 0 Å². The van der Waals surface area contributed by atoms with Crippen LogP contribution in [0.4, 0.5) is 0 Å². The quantitative estimate of drug-likeness (QED) is 0.802. The van der Waals surface area contributed by atoms with Crippen molar-refractivity contribution < 1.29 is 0 Å². The first-order valence-corrected chi connectivity index (χ1v) is 6.15. The molecule has 1 aromatic heterocycles. The van der Waals surface area contributed by atoms with E-state index in [1.165, 1.54) is 11.4 Å². The SMILES string of the molecule is CC1NCCN(Cc2cccs2)C1C. The summed E-state index contributed by atoms with van der Waals surface area (Å²) >= 11 is 1.86. The van der Waals surface area contributed by atoms with Crippen molar-refractivity contribution in [2.45, 2.75) is 32.5 Å². The lowest BCUT2D eigenvalue weighted by Gasteiger charge is -2.38. The summed E-state index contributed by atoms with van der Waals surface area (Å²) in [7, 11) is 0. The van der Waals surface area contributed by atoms with Crippen LogP contribution in [0.2, 0.25) is 0 Å². The molecule has 1 aliphatic heterocycles. The van der Waals surface area contributed by atoms with Gasteiger partial charge in [0.2, 0.25) is 0 Å². The zero-order valence-corrected chi connectivity index (χ0v) is 9.68. The molecular formula is C11H18N2S. The van der Waals surface area contributed by atoms with Crippen molar-refractivity contribution in [3.05, 3.63) is 22.4 Å². The van der Waals surface area contributed by atoms with E-state index < -0.39 is 0 Å². The van der Waals surface area contributed by atoms with E-state index in [1.807, 2.05) is 11.3 Å². The fraction of sp³-hybridized carbons (Fsp3) is 0.636. The van der Waals surface area contributed by atoms with Crippen LogP contribution in [-0.4, -0.2) is 30.1 Å². The van der Waals surface area contributed by atoms with Gasteiger partial charge >= 0.3 is 0 Å². The first-order chi connectivity index (χ1) is 6.77. The van der Waals surface area contributed by atoms with Gasteiger partial charge in [-0.1, -0.05) is 6.07 Å². The molecule has 3 heteroatoms. The number of hydrogen-bond acceptors (Lipinski definition) is 3. The molecule has 0 amide bonds. The van der Waals surface area contributed by atoms with E-state index in [1.54, 1.807) is 0 Å². The summed E-state index contributed by atoms with van der Waals surface area (Å²) in [6, 6.07) is 5.62. The van der Waals surface area contributed by atoms with Gasteiger partial charge in [-0.3, -0.25) is 4.90 Å². The maximum absolute atomic E-state index is 3.50. The normalized spacial score (nSPS) is 29.3. The van der Waals surface area contributed by atoms with Crippen LogP contribution in [0.15, 0.2) is 17.5 Å². The molecule has 0 spiro atoms. The van der Waals surface area contributed by atoms with Gasteiger partial charge in [-0.15, -0.1) is 11.3 Å². The monoisotopic (exact) mass is 210 g/mol. The third-order valence-corrected chi connectivity index (χ3v) is 3.97. The fourth-order valence-electron chi connectivity index (χ4n) is 1.95. The summed E-state index contributed by atoms with van der Waals surface area (Å²) in [5.41, 5.74) is 0. The minimum atomic E-state index is 0.615. The Morgan fingerprint density at radius 3 is 3.14 bits per heavy atom. The Bertz CT molecular complexity index is 271. The largest absolute Gasteiger partial charge is 0.311 e. The third-order valence-electron chi connectivity index (χ3n) is 3.10. The van der Waals surface area contributed by atoms with Crippen LogP contribution >= 0.6 is 11.3 Å². The van der Waals surface area contributed by atoms with Crippen LogP contribution in [0.25, 0.3) is 0 Å². The lowest BCUT2D eigenvalue weighted by atomic mass is 10.1. The smallest absolute Gasteiger partial charge is 0.0331 e. The molecule has 1 N–H and O–H groups in total. The zero-order valence-electron chi connectivity index (χ0n) is 8.86. The van der Waals surface area contributed by atoms with Crippen LogP contribution in [-0.2, 0) is 6.54 Å². The van der Waals surface area contributed by atoms with E-state index in [9.17, 15) is 0 Å². The highest BCUT2D eigenvalue weighted by Crippen LogP contribution is 2.16. The molecule has 14 heavy (non-hydrogen) atoms. The summed E-state index contributed by atoms with van der Waals surface area (Å²) < 4.78 is 0. The van der Waals surface area contributed by atoms with Gasteiger partial charge in [0.15, 0.2) is 0 Å². The second-order valence-electron chi connectivity index (χ2n) is 4.03. The molecule has 0 aliphatic carbocycles. The van der Waals surface area contributed by atoms with E-state index in [0.717, 1.165) is 13.1 Å². The van der Waals surface area contributed by atoms with Gasteiger partial charge < -0.3 is 5.32 Å². The number of nitrogens with zero attached hydrogens (tertiary/aromatic N) is 1. The molecule has 1 fully saturated rings. The predicted octanol–water partition coefficient (Wildman–Crippen LogP) is 1.93. The number of hydrogen-bond donors (Lipinski definition) is 1. The molecule has 2 atom stereocenters. The summed E-state index contributed by atoms with van der Waals surface area (Å²) in [5.74, 6) is 0. The van der Waals surface area contributed by atoms with Crippen LogP contribution in [0.1, 0.15) is 18.7 Å². The maximum atomic E-state index is 3.50. The van der Waals surface area contributed by atoms with Gasteiger partial charge in [0.25, 0.3) is 0 Å². The summed E-state index contributed by atoms with van der Waals surface area (Å²) in [6.07, 6.45) is 0. The van der Waals surface area contributed by atoms with Crippen molar-refractivity contribution in [2.24, 2.45) is 0 Å². The number of piperazine rings is 1. The molecule has 2 heterocycles. The first kappa shape index (κ1) is 10.1. The van der Waals surface area contributed by atoms with Crippen LogP contribution < -0.4 is 5.32 Å². The van der Waals surface area contributed by atoms with Crippen LogP contribution in [0, 0.1) is 0 Å². The molecule has 1 aliphatic rings. The van der Waals surface area contributed by atoms with E-state index in [0.29, 0.717) is 12.1 Å². The zero-order chi connectivity index (χ0) is 9.97. The Balaban J connectivity index is 1.97. The Kier molecular flexibility index (Phi) is 3.21. The second-order valence-corrected chi connectivity index (χ2v) is 5.07. The van der Waals surface area contributed by atoms with Crippen molar-refractivity contribution >= 4 is 11.3 Å². The molecule has 0 aromatic carbocycles. The fourth-order valence-corrected chi connectivity index (χ4v) is 2.68. The highest BCUT2D eigenvalue weighted by molar-refractivity contribution is 7.09. The Morgan fingerprint density at radius 1 is 1.57 bits per heavy atom. The van der Waals surface area contributed by atoms with Gasteiger partial charge in [0.05, 0.1) is 0 Å². The molecule has 0 saturated carbocycles. The molecule has 1 aromatic rings. The lowest BCUT2D eigenvalue weighted by molar-refractivity contribution is 0.132. The van der Waals surface area contributed by atoms with Crippen LogP contribution in [0.5, 0.6) is 0 Å². The molecule has 2 unspecified atom stereocenters. The average Bonchev–Trinajstić information content (AvgIpc) is 2.66. The summed E-state index contributed by atoms with van der Waals surface area (Å²) in [6.45, 7) is 7.99. The number of rotatable bonds is 2.